The van der Waals surface area contributed by atoms with Crippen molar-refractivity contribution in [2.75, 3.05) is 45.7 Å². The van der Waals surface area contributed by atoms with Crippen LogP contribution in [-0.4, -0.2) is 61.2 Å². The lowest BCUT2D eigenvalue weighted by atomic mass is 10.4. The van der Waals surface area contributed by atoms with Gasteiger partial charge in [-0.25, -0.2) is 9.78 Å². The second-order valence-electron chi connectivity index (χ2n) is 4.17. The zero-order chi connectivity index (χ0) is 15.8. The van der Waals surface area contributed by atoms with Crippen molar-refractivity contribution in [3.8, 4) is 5.88 Å². The zero-order valence-electron chi connectivity index (χ0n) is 12.8. The van der Waals surface area contributed by atoms with Gasteiger partial charge < -0.3 is 19.7 Å². The van der Waals surface area contributed by atoms with Crippen LogP contribution in [0.15, 0.2) is 0 Å². The first-order chi connectivity index (χ1) is 10.1. The molecule has 7 nitrogen and oxygen atoms in total. The molecule has 0 saturated heterocycles. The van der Waals surface area contributed by atoms with Gasteiger partial charge in [0.1, 0.15) is 0 Å². The van der Waals surface area contributed by atoms with Crippen molar-refractivity contribution in [3.63, 3.8) is 0 Å². The molecule has 0 fully saturated rings. The Labute approximate surface area is 129 Å². The Morgan fingerprint density at radius 1 is 1.29 bits per heavy atom. The molecule has 0 aromatic carbocycles. The van der Waals surface area contributed by atoms with E-state index < -0.39 is 5.97 Å². The standard InChI is InChI=1S/C13H21ClN4O3/c1-5-18(6-2)8-7-15-11-10(14)16-9(13(19)21-4)12(17-11)20-3/h5-8H2,1-4H3,(H,15,17). The Morgan fingerprint density at radius 2 is 1.95 bits per heavy atom. The van der Waals surface area contributed by atoms with Gasteiger partial charge in [0, 0.05) is 13.1 Å². The summed E-state index contributed by atoms with van der Waals surface area (Å²) in [5, 5.41) is 3.20. The van der Waals surface area contributed by atoms with Gasteiger partial charge in [0.05, 0.1) is 14.2 Å². The largest absolute Gasteiger partial charge is 0.479 e. The molecule has 0 aliphatic rings. The van der Waals surface area contributed by atoms with E-state index in [0.29, 0.717) is 12.4 Å². The summed E-state index contributed by atoms with van der Waals surface area (Å²) in [6.45, 7) is 7.67. The number of carbonyl (C=O) groups excluding carboxylic acids is 1. The molecule has 1 rings (SSSR count). The van der Waals surface area contributed by atoms with Gasteiger partial charge in [-0.1, -0.05) is 25.4 Å². The minimum Gasteiger partial charge on any atom is -0.479 e. The summed E-state index contributed by atoms with van der Waals surface area (Å²) >= 11 is 6.03. The Bertz CT molecular complexity index is 481. The number of esters is 1. The highest BCUT2D eigenvalue weighted by Gasteiger charge is 2.20. The van der Waals surface area contributed by atoms with Gasteiger partial charge in [-0.3, -0.25) is 0 Å². The first-order valence-electron chi connectivity index (χ1n) is 6.73. The van der Waals surface area contributed by atoms with Crippen molar-refractivity contribution in [1.29, 1.82) is 0 Å². The van der Waals surface area contributed by atoms with Crippen LogP contribution in [-0.2, 0) is 4.74 Å². The van der Waals surface area contributed by atoms with Crippen LogP contribution in [0, 0.1) is 0 Å². The fourth-order valence-corrected chi connectivity index (χ4v) is 1.95. The van der Waals surface area contributed by atoms with E-state index in [1.54, 1.807) is 0 Å². The lowest BCUT2D eigenvalue weighted by Crippen LogP contribution is -2.29. The Morgan fingerprint density at radius 3 is 2.48 bits per heavy atom. The van der Waals surface area contributed by atoms with Gasteiger partial charge >= 0.3 is 5.97 Å². The van der Waals surface area contributed by atoms with Gasteiger partial charge in [-0.15, -0.1) is 0 Å². The Hall–Kier alpha value is -1.60. The summed E-state index contributed by atoms with van der Waals surface area (Å²) in [7, 11) is 2.66. The molecule has 0 unspecified atom stereocenters. The summed E-state index contributed by atoms with van der Waals surface area (Å²) in [6, 6.07) is 0. The Balaban J connectivity index is 2.82. The number of rotatable bonds is 8. The SMILES string of the molecule is CCN(CC)CCNc1nc(OC)c(C(=O)OC)nc1Cl. The molecule has 1 aromatic rings. The molecule has 8 heteroatoms. The molecule has 0 aliphatic carbocycles. The third-order valence-corrected chi connectivity index (χ3v) is 3.27. The summed E-state index contributed by atoms with van der Waals surface area (Å²) < 4.78 is 9.66. The summed E-state index contributed by atoms with van der Waals surface area (Å²) in [4.78, 5) is 21.9. The average Bonchev–Trinajstić information content (AvgIpc) is 2.51. The van der Waals surface area contributed by atoms with Crippen molar-refractivity contribution in [3.05, 3.63) is 10.8 Å². The van der Waals surface area contributed by atoms with Crippen molar-refractivity contribution in [1.82, 2.24) is 14.9 Å². The second kappa shape index (κ2) is 8.63. The fourth-order valence-electron chi connectivity index (χ4n) is 1.76. The second-order valence-corrected chi connectivity index (χ2v) is 4.52. The monoisotopic (exact) mass is 316 g/mol. The van der Waals surface area contributed by atoms with Crippen LogP contribution in [0.5, 0.6) is 5.88 Å². The number of nitrogens with one attached hydrogen (secondary N) is 1. The van der Waals surface area contributed by atoms with Gasteiger partial charge in [0.2, 0.25) is 11.6 Å². The van der Waals surface area contributed by atoms with Crippen LogP contribution in [0.1, 0.15) is 24.3 Å². The van der Waals surface area contributed by atoms with Crippen LogP contribution in [0.4, 0.5) is 5.82 Å². The molecule has 0 atom stereocenters. The third-order valence-electron chi connectivity index (χ3n) is 3.01. The first-order valence-corrected chi connectivity index (χ1v) is 7.11. The zero-order valence-corrected chi connectivity index (χ0v) is 13.5. The smallest absolute Gasteiger partial charge is 0.362 e. The van der Waals surface area contributed by atoms with Crippen molar-refractivity contribution < 1.29 is 14.3 Å². The van der Waals surface area contributed by atoms with E-state index in [0.717, 1.165) is 19.6 Å². The van der Waals surface area contributed by atoms with Crippen LogP contribution in [0.25, 0.3) is 0 Å². The van der Waals surface area contributed by atoms with Gasteiger partial charge in [-0.05, 0) is 13.1 Å². The fraction of sp³-hybridized carbons (Fsp3) is 0.615. The normalized spacial score (nSPS) is 10.6. The van der Waals surface area contributed by atoms with E-state index in [-0.39, 0.29) is 16.7 Å². The number of anilines is 1. The molecule has 21 heavy (non-hydrogen) atoms. The molecule has 1 heterocycles. The molecule has 0 amide bonds. The van der Waals surface area contributed by atoms with Crippen LogP contribution in [0.2, 0.25) is 5.15 Å². The maximum atomic E-state index is 11.5. The van der Waals surface area contributed by atoms with Crippen LogP contribution in [0.3, 0.4) is 0 Å². The average molecular weight is 317 g/mol. The van der Waals surface area contributed by atoms with Crippen molar-refractivity contribution in [2.24, 2.45) is 0 Å². The summed E-state index contributed by atoms with van der Waals surface area (Å²) in [6.07, 6.45) is 0. The van der Waals surface area contributed by atoms with E-state index in [2.05, 4.69) is 38.8 Å². The highest BCUT2D eigenvalue weighted by molar-refractivity contribution is 6.31. The molecule has 118 valence electrons. The van der Waals surface area contributed by atoms with E-state index >= 15 is 0 Å². The minimum absolute atomic E-state index is 0.0423. The summed E-state index contributed by atoms with van der Waals surface area (Å²) in [5.74, 6) is -0.180. The molecular formula is C13H21ClN4O3. The van der Waals surface area contributed by atoms with Crippen molar-refractivity contribution >= 4 is 23.4 Å². The molecule has 1 N–H and O–H groups in total. The highest BCUT2D eigenvalue weighted by atomic mass is 35.5. The molecular weight excluding hydrogens is 296 g/mol. The molecule has 0 spiro atoms. The Kier molecular flexibility index (Phi) is 7.18. The van der Waals surface area contributed by atoms with E-state index in [1.807, 2.05) is 0 Å². The lowest BCUT2D eigenvalue weighted by Gasteiger charge is -2.18. The topological polar surface area (TPSA) is 76.6 Å². The quantitative estimate of drug-likeness (QED) is 0.731. The highest BCUT2D eigenvalue weighted by Crippen LogP contribution is 2.23. The number of aromatic nitrogens is 2. The maximum Gasteiger partial charge on any atom is 0.362 e. The maximum absolute atomic E-state index is 11.5. The minimum atomic E-state index is -0.643. The van der Waals surface area contributed by atoms with Gasteiger partial charge in [-0.2, -0.15) is 4.98 Å². The molecule has 0 bridgehead atoms. The van der Waals surface area contributed by atoms with E-state index in [9.17, 15) is 4.79 Å². The number of hydrogen-bond acceptors (Lipinski definition) is 7. The number of hydrogen-bond donors (Lipinski definition) is 1. The van der Waals surface area contributed by atoms with Crippen LogP contribution < -0.4 is 10.1 Å². The van der Waals surface area contributed by atoms with Gasteiger partial charge in [0.25, 0.3) is 0 Å². The number of carbonyl (C=O) groups is 1. The number of likely N-dealkylation sites (N-methyl/N-ethyl adjacent to an activating group) is 1. The third kappa shape index (κ3) is 4.71. The van der Waals surface area contributed by atoms with Crippen LogP contribution >= 0.6 is 11.6 Å². The van der Waals surface area contributed by atoms with Gasteiger partial charge in [0.15, 0.2) is 11.0 Å². The first kappa shape index (κ1) is 17.5. The number of nitrogens with zero attached hydrogens (tertiary/aromatic N) is 3. The van der Waals surface area contributed by atoms with E-state index in [1.165, 1.54) is 14.2 Å². The summed E-state index contributed by atoms with van der Waals surface area (Å²) in [5.41, 5.74) is -0.0423. The molecule has 0 radical (unpaired) electrons. The predicted octanol–water partition coefficient (Wildman–Crippen LogP) is 1.68. The molecule has 0 aliphatic heterocycles. The predicted molar refractivity (Wildman–Crippen MR) is 81.2 cm³/mol. The number of methoxy groups -OCH3 is 2. The van der Waals surface area contributed by atoms with E-state index in [4.69, 9.17) is 16.3 Å². The van der Waals surface area contributed by atoms with Crippen molar-refractivity contribution in [2.45, 2.75) is 13.8 Å². The molecule has 1 aromatic heterocycles. The number of halogens is 1. The lowest BCUT2D eigenvalue weighted by molar-refractivity contribution is 0.0589. The number of ether oxygens (including phenoxy) is 2. The molecule has 0 saturated carbocycles.